The standard InChI is InChI=1S/C17H13BrINO3/c1-22-15-7-9(6-13(19)16(15)23-2)5-12-11-8-10(18)3-4-14(11)20-17(12)21/h3-8H,1-2H3,(H,20,21)/b12-5+. The van der Waals surface area contributed by atoms with Crippen molar-refractivity contribution in [1.82, 2.24) is 0 Å². The summed E-state index contributed by atoms with van der Waals surface area (Å²) in [6.45, 7) is 0. The predicted molar refractivity (Wildman–Crippen MR) is 103 cm³/mol. The van der Waals surface area contributed by atoms with Gasteiger partial charge in [-0.2, -0.15) is 0 Å². The Kier molecular flexibility index (Phi) is 4.63. The Labute approximate surface area is 156 Å². The highest BCUT2D eigenvalue weighted by molar-refractivity contribution is 14.1. The number of ether oxygens (including phenoxy) is 2. The number of methoxy groups -OCH3 is 2. The van der Waals surface area contributed by atoms with Gasteiger partial charge >= 0.3 is 0 Å². The van der Waals surface area contributed by atoms with Crippen molar-refractivity contribution < 1.29 is 14.3 Å². The SMILES string of the molecule is COc1cc(/C=C2/C(=O)Nc3ccc(Br)cc32)cc(I)c1OC. The van der Waals surface area contributed by atoms with Crippen LogP contribution in [-0.2, 0) is 4.79 Å². The first-order chi connectivity index (χ1) is 11.0. The van der Waals surface area contributed by atoms with Crippen LogP contribution in [0.5, 0.6) is 11.5 Å². The van der Waals surface area contributed by atoms with Crippen LogP contribution < -0.4 is 14.8 Å². The second kappa shape index (κ2) is 6.52. The normalized spacial score (nSPS) is 14.6. The molecule has 0 aromatic heterocycles. The summed E-state index contributed by atoms with van der Waals surface area (Å²) in [6, 6.07) is 9.54. The van der Waals surface area contributed by atoms with E-state index in [1.54, 1.807) is 14.2 Å². The quantitative estimate of drug-likeness (QED) is 0.512. The molecule has 0 aliphatic carbocycles. The topological polar surface area (TPSA) is 47.6 Å². The molecule has 23 heavy (non-hydrogen) atoms. The van der Waals surface area contributed by atoms with Gasteiger partial charge in [0.25, 0.3) is 5.91 Å². The molecule has 0 unspecified atom stereocenters. The van der Waals surface area contributed by atoms with Gasteiger partial charge in [0.1, 0.15) is 0 Å². The lowest BCUT2D eigenvalue weighted by Crippen LogP contribution is -2.03. The molecule has 0 spiro atoms. The number of hydrogen-bond acceptors (Lipinski definition) is 3. The molecule has 3 rings (SSSR count). The number of amides is 1. The van der Waals surface area contributed by atoms with E-state index < -0.39 is 0 Å². The average molecular weight is 486 g/mol. The van der Waals surface area contributed by atoms with Crippen molar-refractivity contribution in [3.8, 4) is 11.5 Å². The molecular formula is C17H13BrINO3. The van der Waals surface area contributed by atoms with Crippen molar-refractivity contribution >= 4 is 61.8 Å². The summed E-state index contributed by atoms with van der Waals surface area (Å²) in [5, 5.41) is 2.87. The van der Waals surface area contributed by atoms with Gasteiger partial charge in [-0.1, -0.05) is 15.9 Å². The van der Waals surface area contributed by atoms with Crippen molar-refractivity contribution in [2.45, 2.75) is 0 Å². The molecule has 0 atom stereocenters. The van der Waals surface area contributed by atoms with Gasteiger partial charge < -0.3 is 14.8 Å². The molecule has 1 aliphatic heterocycles. The van der Waals surface area contributed by atoms with Crippen molar-refractivity contribution in [2.24, 2.45) is 0 Å². The molecule has 2 aromatic carbocycles. The minimum Gasteiger partial charge on any atom is -0.493 e. The summed E-state index contributed by atoms with van der Waals surface area (Å²) in [5.74, 6) is 1.22. The number of fused-ring (bicyclic) bond motifs is 1. The second-order valence-corrected chi connectivity index (χ2v) is 7.02. The number of benzene rings is 2. The van der Waals surface area contributed by atoms with E-state index in [9.17, 15) is 4.79 Å². The number of nitrogens with one attached hydrogen (secondary N) is 1. The van der Waals surface area contributed by atoms with Crippen LogP contribution in [-0.4, -0.2) is 20.1 Å². The third-order valence-electron chi connectivity index (χ3n) is 3.53. The molecule has 1 aliphatic rings. The van der Waals surface area contributed by atoms with E-state index >= 15 is 0 Å². The molecule has 0 bridgehead atoms. The van der Waals surface area contributed by atoms with E-state index in [1.807, 2.05) is 36.4 Å². The van der Waals surface area contributed by atoms with E-state index in [-0.39, 0.29) is 5.91 Å². The highest BCUT2D eigenvalue weighted by Gasteiger charge is 2.24. The first-order valence-corrected chi connectivity index (χ1v) is 8.65. The zero-order valence-electron chi connectivity index (χ0n) is 12.4. The van der Waals surface area contributed by atoms with Crippen LogP contribution in [0.15, 0.2) is 34.8 Å². The van der Waals surface area contributed by atoms with Crippen molar-refractivity contribution in [3.63, 3.8) is 0 Å². The Bertz CT molecular complexity index is 833. The molecule has 0 radical (unpaired) electrons. The van der Waals surface area contributed by atoms with Crippen LogP contribution in [0.4, 0.5) is 5.69 Å². The molecule has 1 amide bonds. The Hall–Kier alpha value is -1.54. The molecule has 2 aromatic rings. The first-order valence-electron chi connectivity index (χ1n) is 6.78. The molecule has 0 saturated heterocycles. The smallest absolute Gasteiger partial charge is 0.256 e. The average Bonchev–Trinajstić information content (AvgIpc) is 2.82. The van der Waals surface area contributed by atoms with Crippen LogP contribution in [0, 0.1) is 3.57 Å². The number of carbonyl (C=O) groups excluding carboxylic acids is 1. The maximum atomic E-state index is 12.3. The van der Waals surface area contributed by atoms with Crippen LogP contribution in [0.1, 0.15) is 11.1 Å². The molecule has 0 fully saturated rings. The minimum atomic E-state index is -0.108. The van der Waals surface area contributed by atoms with Crippen LogP contribution >= 0.6 is 38.5 Å². The van der Waals surface area contributed by atoms with E-state index in [0.29, 0.717) is 17.1 Å². The summed E-state index contributed by atoms with van der Waals surface area (Å²) in [5.41, 5.74) is 3.21. The summed E-state index contributed by atoms with van der Waals surface area (Å²) in [4.78, 5) is 12.3. The summed E-state index contributed by atoms with van der Waals surface area (Å²) >= 11 is 5.64. The number of rotatable bonds is 3. The maximum absolute atomic E-state index is 12.3. The molecule has 1 heterocycles. The van der Waals surface area contributed by atoms with E-state index in [4.69, 9.17) is 9.47 Å². The Morgan fingerprint density at radius 2 is 1.96 bits per heavy atom. The lowest BCUT2D eigenvalue weighted by atomic mass is 10.0. The zero-order chi connectivity index (χ0) is 16.6. The van der Waals surface area contributed by atoms with Gasteiger partial charge in [0, 0.05) is 21.3 Å². The summed E-state index contributed by atoms with van der Waals surface area (Å²) in [7, 11) is 3.20. The number of carbonyl (C=O) groups is 1. The fourth-order valence-corrected chi connectivity index (χ4v) is 3.70. The van der Waals surface area contributed by atoms with E-state index in [0.717, 1.165) is 24.9 Å². The summed E-state index contributed by atoms with van der Waals surface area (Å²) in [6.07, 6.45) is 1.86. The molecule has 4 nitrogen and oxygen atoms in total. The molecular weight excluding hydrogens is 473 g/mol. The van der Waals surface area contributed by atoms with Crippen molar-refractivity contribution in [2.75, 3.05) is 19.5 Å². The fourth-order valence-electron chi connectivity index (χ4n) is 2.49. The number of hydrogen-bond donors (Lipinski definition) is 1. The van der Waals surface area contributed by atoms with Crippen molar-refractivity contribution in [1.29, 1.82) is 0 Å². The van der Waals surface area contributed by atoms with Gasteiger partial charge in [-0.25, -0.2) is 0 Å². The monoisotopic (exact) mass is 485 g/mol. The van der Waals surface area contributed by atoms with Crippen molar-refractivity contribution in [3.05, 3.63) is 49.5 Å². The van der Waals surface area contributed by atoms with Crippen LogP contribution in [0.2, 0.25) is 0 Å². The molecule has 6 heteroatoms. The van der Waals surface area contributed by atoms with Gasteiger partial charge in [0.05, 0.1) is 17.8 Å². The van der Waals surface area contributed by atoms with Gasteiger partial charge in [-0.3, -0.25) is 4.79 Å². The fraction of sp³-hybridized carbons (Fsp3) is 0.118. The lowest BCUT2D eigenvalue weighted by molar-refractivity contribution is -0.110. The molecule has 118 valence electrons. The molecule has 1 N–H and O–H groups in total. The van der Waals surface area contributed by atoms with Crippen LogP contribution in [0.3, 0.4) is 0 Å². The zero-order valence-corrected chi connectivity index (χ0v) is 16.2. The van der Waals surface area contributed by atoms with E-state index in [1.165, 1.54) is 0 Å². The Balaban J connectivity index is 2.11. The van der Waals surface area contributed by atoms with E-state index in [2.05, 4.69) is 43.8 Å². The van der Waals surface area contributed by atoms with Gasteiger partial charge in [-0.15, -0.1) is 0 Å². The highest BCUT2D eigenvalue weighted by Crippen LogP contribution is 2.38. The Morgan fingerprint density at radius 3 is 2.65 bits per heavy atom. The minimum absolute atomic E-state index is 0.108. The second-order valence-electron chi connectivity index (χ2n) is 4.94. The van der Waals surface area contributed by atoms with Crippen LogP contribution in [0.25, 0.3) is 11.6 Å². The highest BCUT2D eigenvalue weighted by atomic mass is 127. The maximum Gasteiger partial charge on any atom is 0.256 e. The predicted octanol–water partition coefficient (Wildman–Crippen LogP) is 4.56. The number of halogens is 2. The largest absolute Gasteiger partial charge is 0.493 e. The Morgan fingerprint density at radius 1 is 1.17 bits per heavy atom. The van der Waals surface area contributed by atoms with Gasteiger partial charge in [0.15, 0.2) is 11.5 Å². The third kappa shape index (κ3) is 3.10. The third-order valence-corrected chi connectivity index (χ3v) is 4.83. The summed E-state index contributed by atoms with van der Waals surface area (Å²) < 4.78 is 12.6. The molecule has 0 saturated carbocycles. The first kappa shape index (κ1) is 16.3. The number of anilines is 1. The van der Waals surface area contributed by atoms with Gasteiger partial charge in [0.2, 0.25) is 0 Å². The lowest BCUT2D eigenvalue weighted by Gasteiger charge is -2.10. The van der Waals surface area contributed by atoms with Gasteiger partial charge in [-0.05, 0) is 64.6 Å².